The van der Waals surface area contributed by atoms with Gasteiger partial charge in [0.25, 0.3) is 0 Å². The summed E-state index contributed by atoms with van der Waals surface area (Å²) in [5.74, 6) is 0.0681. The molecule has 0 aliphatic carbocycles. The molecule has 0 amide bonds. The van der Waals surface area contributed by atoms with E-state index in [9.17, 15) is 4.79 Å². The largest absolute Gasteiger partial charge is 0.288 e. The SMILES string of the molecule is O=C(c1cccs1)c1ccnc2ccccc12. The minimum atomic E-state index is 0.0681. The van der Waals surface area contributed by atoms with Crippen molar-refractivity contribution in [2.75, 3.05) is 0 Å². The molecule has 3 heteroatoms. The first-order valence-corrected chi connectivity index (χ1v) is 6.16. The number of thiophene rings is 1. The minimum Gasteiger partial charge on any atom is -0.288 e. The smallest absolute Gasteiger partial charge is 0.203 e. The standard InChI is InChI=1S/C14H9NOS/c16-14(13-6-3-9-17-13)11-7-8-15-12-5-2-1-4-10(11)12/h1-9H. The van der Waals surface area contributed by atoms with Crippen LogP contribution in [0.25, 0.3) is 10.9 Å². The average molecular weight is 239 g/mol. The number of hydrogen-bond donors (Lipinski definition) is 0. The van der Waals surface area contributed by atoms with Gasteiger partial charge in [-0.3, -0.25) is 9.78 Å². The molecule has 0 fully saturated rings. The normalized spacial score (nSPS) is 10.6. The van der Waals surface area contributed by atoms with Crippen molar-refractivity contribution < 1.29 is 4.79 Å². The van der Waals surface area contributed by atoms with Crippen LogP contribution in [-0.2, 0) is 0 Å². The second-order valence-corrected chi connectivity index (χ2v) is 4.63. The second kappa shape index (κ2) is 4.11. The topological polar surface area (TPSA) is 30.0 Å². The van der Waals surface area contributed by atoms with Crippen molar-refractivity contribution >= 4 is 28.0 Å². The number of para-hydroxylation sites is 1. The zero-order chi connectivity index (χ0) is 11.7. The maximum absolute atomic E-state index is 12.3. The third-order valence-corrected chi connectivity index (χ3v) is 3.51. The molecule has 0 saturated carbocycles. The summed E-state index contributed by atoms with van der Waals surface area (Å²) in [5.41, 5.74) is 1.58. The van der Waals surface area contributed by atoms with Crippen LogP contribution in [0, 0.1) is 0 Å². The van der Waals surface area contributed by atoms with Crippen LogP contribution in [0.2, 0.25) is 0 Å². The lowest BCUT2D eigenvalue weighted by Gasteiger charge is -2.03. The van der Waals surface area contributed by atoms with Gasteiger partial charge < -0.3 is 0 Å². The van der Waals surface area contributed by atoms with Gasteiger partial charge in [-0.25, -0.2) is 0 Å². The Hall–Kier alpha value is -2.00. The van der Waals surface area contributed by atoms with E-state index in [2.05, 4.69) is 4.98 Å². The van der Waals surface area contributed by atoms with E-state index >= 15 is 0 Å². The Bertz CT molecular complexity index is 668. The molecule has 1 aromatic carbocycles. The highest BCUT2D eigenvalue weighted by Gasteiger charge is 2.13. The molecule has 0 aliphatic heterocycles. The number of benzene rings is 1. The zero-order valence-corrected chi connectivity index (χ0v) is 9.78. The first kappa shape index (κ1) is 10.2. The van der Waals surface area contributed by atoms with E-state index in [4.69, 9.17) is 0 Å². The summed E-state index contributed by atoms with van der Waals surface area (Å²) in [4.78, 5) is 17.3. The lowest BCUT2D eigenvalue weighted by atomic mass is 10.0. The molecule has 17 heavy (non-hydrogen) atoms. The van der Waals surface area contributed by atoms with Crippen LogP contribution in [0.4, 0.5) is 0 Å². The number of carbonyl (C=O) groups excluding carboxylic acids is 1. The molecule has 82 valence electrons. The van der Waals surface area contributed by atoms with Crippen molar-refractivity contribution in [2.45, 2.75) is 0 Å². The van der Waals surface area contributed by atoms with E-state index in [1.165, 1.54) is 11.3 Å². The molecule has 0 aliphatic rings. The highest BCUT2D eigenvalue weighted by atomic mass is 32.1. The van der Waals surface area contributed by atoms with Gasteiger partial charge in [0, 0.05) is 17.1 Å². The van der Waals surface area contributed by atoms with Gasteiger partial charge in [-0.15, -0.1) is 11.3 Å². The Morgan fingerprint density at radius 1 is 1.06 bits per heavy atom. The number of nitrogens with zero attached hydrogens (tertiary/aromatic N) is 1. The van der Waals surface area contributed by atoms with Crippen LogP contribution in [0.3, 0.4) is 0 Å². The van der Waals surface area contributed by atoms with E-state index in [1.807, 2.05) is 41.8 Å². The van der Waals surface area contributed by atoms with E-state index in [1.54, 1.807) is 12.3 Å². The number of pyridine rings is 1. The molecular formula is C14H9NOS. The number of rotatable bonds is 2. The highest BCUT2D eigenvalue weighted by molar-refractivity contribution is 7.12. The molecule has 0 unspecified atom stereocenters. The van der Waals surface area contributed by atoms with Crippen LogP contribution in [0.5, 0.6) is 0 Å². The highest BCUT2D eigenvalue weighted by Crippen LogP contribution is 2.21. The van der Waals surface area contributed by atoms with Crippen molar-refractivity contribution in [1.82, 2.24) is 4.98 Å². The van der Waals surface area contributed by atoms with Crippen molar-refractivity contribution in [1.29, 1.82) is 0 Å². The maximum atomic E-state index is 12.3. The van der Waals surface area contributed by atoms with Gasteiger partial charge in [0.1, 0.15) is 0 Å². The van der Waals surface area contributed by atoms with Gasteiger partial charge in [0.2, 0.25) is 5.78 Å². The molecular weight excluding hydrogens is 230 g/mol. The summed E-state index contributed by atoms with van der Waals surface area (Å²) in [6.07, 6.45) is 1.68. The lowest BCUT2D eigenvalue weighted by Crippen LogP contribution is -2.00. The number of hydrogen-bond acceptors (Lipinski definition) is 3. The van der Waals surface area contributed by atoms with E-state index < -0.39 is 0 Å². The average Bonchev–Trinajstić information content (AvgIpc) is 2.91. The lowest BCUT2D eigenvalue weighted by molar-refractivity contribution is 0.104. The quantitative estimate of drug-likeness (QED) is 0.640. The van der Waals surface area contributed by atoms with Crippen LogP contribution < -0.4 is 0 Å². The molecule has 0 spiro atoms. The summed E-state index contributed by atoms with van der Waals surface area (Å²) in [5, 5.41) is 2.82. The molecule has 3 rings (SSSR count). The zero-order valence-electron chi connectivity index (χ0n) is 8.96. The minimum absolute atomic E-state index is 0.0681. The first-order chi connectivity index (χ1) is 8.36. The predicted molar refractivity (Wildman–Crippen MR) is 69.5 cm³/mol. The summed E-state index contributed by atoms with van der Waals surface area (Å²) < 4.78 is 0. The summed E-state index contributed by atoms with van der Waals surface area (Å²) in [6, 6.07) is 13.2. The molecule has 0 atom stereocenters. The fourth-order valence-corrected chi connectivity index (χ4v) is 2.51. The number of fused-ring (bicyclic) bond motifs is 1. The van der Waals surface area contributed by atoms with Crippen molar-refractivity contribution in [3.05, 3.63) is 64.5 Å². The Morgan fingerprint density at radius 2 is 1.94 bits per heavy atom. The van der Waals surface area contributed by atoms with Gasteiger partial charge in [-0.05, 0) is 23.6 Å². The van der Waals surface area contributed by atoms with Gasteiger partial charge in [-0.1, -0.05) is 24.3 Å². The Balaban J connectivity index is 2.21. The molecule has 2 nitrogen and oxygen atoms in total. The predicted octanol–water partition coefficient (Wildman–Crippen LogP) is 3.53. The van der Waals surface area contributed by atoms with Gasteiger partial charge in [0.15, 0.2) is 0 Å². The van der Waals surface area contributed by atoms with Crippen molar-refractivity contribution in [2.24, 2.45) is 0 Å². The van der Waals surface area contributed by atoms with Crippen molar-refractivity contribution in [3.8, 4) is 0 Å². The fraction of sp³-hybridized carbons (Fsp3) is 0. The monoisotopic (exact) mass is 239 g/mol. The molecule has 0 saturated heterocycles. The fourth-order valence-electron chi connectivity index (χ4n) is 1.83. The number of carbonyl (C=O) groups is 1. The van der Waals surface area contributed by atoms with Gasteiger partial charge in [-0.2, -0.15) is 0 Å². The third-order valence-electron chi connectivity index (χ3n) is 2.64. The third kappa shape index (κ3) is 1.74. The molecule has 3 aromatic rings. The van der Waals surface area contributed by atoms with E-state index in [0.717, 1.165) is 21.3 Å². The molecule has 2 heterocycles. The van der Waals surface area contributed by atoms with Crippen LogP contribution >= 0.6 is 11.3 Å². The summed E-state index contributed by atoms with van der Waals surface area (Å²) >= 11 is 1.46. The Morgan fingerprint density at radius 3 is 2.76 bits per heavy atom. The Labute approximate surface area is 103 Å². The maximum Gasteiger partial charge on any atom is 0.203 e. The second-order valence-electron chi connectivity index (χ2n) is 3.68. The first-order valence-electron chi connectivity index (χ1n) is 5.28. The van der Waals surface area contributed by atoms with Crippen LogP contribution in [-0.4, -0.2) is 10.8 Å². The van der Waals surface area contributed by atoms with E-state index in [0.29, 0.717) is 0 Å². The summed E-state index contributed by atoms with van der Waals surface area (Å²) in [7, 11) is 0. The number of aromatic nitrogens is 1. The van der Waals surface area contributed by atoms with Crippen LogP contribution in [0.15, 0.2) is 54.0 Å². The van der Waals surface area contributed by atoms with Gasteiger partial charge in [0.05, 0.1) is 10.4 Å². The van der Waals surface area contributed by atoms with Gasteiger partial charge >= 0.3 is 0 Å². The molecule has 0 radical (unpaired) electrons. The van der Waals surface area contributed by atoms with Crippen molar-refractivity contribution in [3.63, 3.8) is 0 Å². The number of ketones is 1. The Kier molecular flexibility index (Phi) is 2.46. The van der Waals surface area contributed by atoms with Crippen LogP contribution in [0.1, 0.15) is 15.2 Å². The molecule has 0 N–H and O–H groups in total. The molecule has 2 aromatic heterocycles. The molecule has 0 bridgehead atoms. The summed E-state index contributed by atoms with van der Waals surface area (Å²) in [6.45, 7) is 0. The van der Waals surface area contributed by atoms with E-state index in [-0.39, 0.29) is 5.78 Å².